The van der Waals surface area contributed by atoms with Gasteiger partial charge in [-0.1, -0.05) is 17.7 Å². The van der Waals surface area contributed by atoms with Gasteiger partial charge in [0.05, 0.1) is 5.02 Å². The van der Waals surface area contributed by atoms with E-state index in [4.69, 9.17) is 21.6 Å². The molecule has 0 fully saturated rings. The van der Waals surface area contributed by atoms with E-state index >= 15 is 0 Å². The summed E-state index contributed by atoms with van der Waals surface area (Å²) in [6.45, 7) is 0. The standard InChI is InChI=1S/C7H7BClFO4S/c1-15(13,14)7-5(9)3-2-4(6(7)10)8(11)12/h2-3,11-12H,1H3. The van der Waals surface area contributed by atoms with Gasteiger partial charge in [-0.15, -0.1) is 0 Å². The van der Waals surface area contributed by atoms with Gasteiger partial charge in [0, 0.05) is 11.7 Å². The van der Waals surface area contributed by atoms with E-state index in [1.54, 1.807) is 0 Å². The minimum Gasteiger partial charge on any atom is -0.423 e. The lowest BCUT2D eigenvalue weighted by molar-refractivity contribution is 0.422. The Bertz CT molecular complexity index is 488. The Labute approximate surface area is 91.4 Å². The Balaban J connectivity index is 3.59. The first-order valence-corrected chi connectivity index (χ1v) is 6.06. The van der Waals surface area contributed by atoms with Crippen LogP contribution in [0.3, 0.4) is 0 Å². The van der Waals surface area contributed by atoms with E-state index in [1.807, 2.05) is 0 Å². The average Bonchev–Trinajstić information content (AvgIpc) is 2.00. The lowest BCUT2D eigenvalue weighted by Gasteiger charge is -2.07. The summed E-state index contributed by atoms with van der Waals surface area (Å²) >= 11 is 5.51. The summed E-state index contributed by atoms with van der Waals surface area (Å²) in [6.07, 6.45) is 0.783. The second kappa shape index (κ2) is 4.09. The molecule has 1 aromatic carbocycles. The van der Waals surface area contributed by atoms with Gasteiger partial charge >= 0.3 is 7.12 Å². The molecule has 0 bridgehead atoms. The molecule has 8 heteroatoms. The molecule has 0 spiro atoms. The number of benzene rings is 1. The normalized spacial score (nSPS) is 11.5. The van der Waals surface area contributed by atoms with Crippen LogP contribution in [0.4, 0.5) is 4.39 Å². The average molecular weight is 252 g/mol. The molecule has 1 aromatic rings. The highest BCUT2D eigenvalue weighted by molar-refractivity contribution is 7.90. The lowest BCUT2D eigenvalue weighted by Crippen LogP contribution is -2.34. The topological polar surface area (TPSA) is 74.6 Å². The molecule has 0 amide bonds. The molecule has 0 aromatic heterocycles. The Morgan fingerprint density at radius 3 is 2.33 bits per heavy atom. The van der Waals surface area contributed by atoms with Crippen LogP contribution < -0.4 is 5.46 Å². The molecule has 0 aliphatic rings. The van der Waals surface area contributed by atoms with Gasteiger partial charge in [0.1, 0.15) is 10.7 Å². The second-order valence-corrected chi connectivity index (χ2v) is 5.29. The molecule has 0 radical (unpaired) electrons. The fourth-order valence-corrected chi connectivity index (χ4v) is 2.52. The van der Waals surface area contributed by atoms with E-state index in [1.165, 1.54) is 0 Å². The maximum absolute atomic E-state index is 13.5. The second-order valence-electron chi connectivity index (χ2n) is 2.93. The first-order valence-electron chi connectivity index (χ1n) is 3.79. The maximum Gasteiger partial charge on any atom is 0.491 e. The molecule has 0 saturated carbocycles. The minimum absolute atomic E-state index is 0.292. The van der Waals surface area contributed by atoms with Crippen molar-refractivity contribution >= 4 is 34.0 Å². The van der Waals surface area contributed by atoms with Gasteiger partial charge in [0.25, 0.3) is 0 Å². The number of hydrogen-bond acceptors (Lipinski definition) is 4. The van der Waals surface area contributed by atoms with Crippen LogP contribution in [0, 0.1) is 5.82 Å². The van der Waals surface area contributed by atoms with Gasteiger partial charge in [0.2, 0.25) is 0 Å². The van der Waals surface area contributed by atoms with Crippen LogP contribution in [-0.4, -0.2) is 31.8 Å². The molecule has 0 aliphatic heterocycles. The third-order valence-electron chi connectivity index (χ3n) is 1.73. The zero-order valence-electron chi connectivity index (χ0n) is 7.61. The van der Waals surface area contributed by atoms with Crippen molar-refractivity contribution in [3.05, 3.63) is 23.0 Å². The third kappa shape index (κ3) is 2.49. The number of halogens is 2. The molecule has 0 aliphatic carbocycles. The van der Waals surface area contributed by atoms with Gasteiger partial charge in [-0.05, 0) is 6.07 Å². The molecule has 15 heavy (non-hydrogen) atoms. The van der Waals surface area contributed by atoms with E-state index in [9.17, 15) is 12.8 Å². The molecule has 4 nitrogen and oxygen atoms in total. The van der Waals surface area contributed by atoms with E-state index in [0.29, 0.717) is 0 Å². The summed E-state index contributed by atoms with van der Waals surface area (Å²) in [5, 5.41) is 17.2. The van der Waals surface area contributed by atoms with E-state index in [-0.39, 0.29) is 5.02 Å². The van der Waals surface area contributed by atoms with Crippen LogP contribution in [0.2, 0.25) is 5.02 Å². The quantitative estimate of drug-likeness (QED) is 0.700. The SMILES string of the molecule is CS(=O)(=O)c1c(Cl)ccc(B(O)O)c1F. The zero-order valence-corrected chi connectivity index (χ0v) is 9.18. The summed E-state index contributed by atoms with van der Waals surface area (Å²) in [5.41, 5.74) is -0.528. The largest absolute Gasteiger partial charge is 0.491 e. The van der Waals surface area contributed by atoms with Crippen LogP contribution in [0.25, 0.3) is 0 Å². The summed E-state index contributed by atoms with van der Waals surface area (Å²) in [6, 6.07) is 2.10. The highest BCUT2D eigenvalue weighted by atomic mass is 35.5. The van der Waals surface area contributed by atoms with Crippen LogP contribution in [-0.2, 0) is 9.84 Å². The molecule has 82 valence electrons. The Morgan fingerprint density at radius 1 is 1.40 bits per heavy atom. The van der Waals surface area contributed by atoms with Gasteiger partial charge in [0.15, 0.2) is 9.84 Å². The van der Waals surface area contributed by atoms with E-state index in [2.05, 4.69) is 0 Å². The monoisotopic (exact) mass is 252 g/mol. The van der Waals surface area contributed by atoms with Crippen molar-refractivity contribution in [1.29, 1.82) is 0 Å². The predicted octanol–water partition coefficient (Wildman–Crippen LogP) is -0.438. The first kappa shape index (κ1) is 12.4. The predicted molar refractivity (Wildman–Crippen MR) is 54.3 cm³/mol. The van der Waals surface area contributed by atoms with Crippen molar-refractivity contribution in [3.63, 3.8) is 0 Å². The summed E-state index contributed by atoms with van der Waals surface area (Å²) in [7, 11) is -5.93. The fraction of sp³-hybridized carbons (Fsp3) is 0.143. The Kier molecular flexibility index (Phi) is 3.39. The third-order valence-corrected chi connectivity index (χ3v) is 3.30. The van der Waals surface area contributed by atoms with Gasteiger partial charge < -0.3 is 10.0 Å². The molecule has 2 N–H and O–H groups in total. The van der Waals surface area contributed by atoms with Gasteiger partial charge in [-0.2, -0.15) is 0 Å². The number of hydrogen-bond donors (Lipinski definition) is 2. The Morgan fingerprint density at radius 2 is 1.93 bits per heavy atom. The van der Waals surface area contributed by atoms with Crippen LogP contribution in [0.15, 0.2) is 17.0 Å². The maximum atomic E-state index is 13.5. The van der Waals surface area contributed by atoms with Crippen molar-refractivity contribution in [2.24, 2.45) is 0 Å². The molecule has 0 unspecified atom stereocenters. The zero-order chi connectivity index (χ0) is 11.8. The number of sulfone groups is 1. The minimum atomic E-state index is -3.85. The first-order chi connectivity index (χ1) is 6.75. The van der Waals surface area contributed by atoms with E-state index < -0.39 is 33.1 Å². The van der Waals surface area contributed by atoms with Crippen molar-refractivity contribution in [2.75, 3.05) is 6.26 Å². The molecule has 1 rings (SSSR count). The highest BCUT2D eigenvalue weighted by Gasteiger charge is 2.25. The van der Waals surface area contributed by atoms with Crippen molar-refractivity contribution in [1.82, 2.24) is 0 Å². The molecular weight excluding hydrogens is 245 g/mol. The van der Waals surface area contributed by atoms with Crippen LogP contribution >= 0.6 is 11.6 Å². The molecular formula is C7H7BClFO4S. The summed E-state index contributed by atoms with van der Waals surface area (Å²) in [5.74, 6) is -1.24. The van der Waals surface area contributed by atoms with Gasteiger partial charge in [-0.25, -0.2) is 12.8 Å². The van der Waals surface area contributed by atoms with Crippen LogP contribution in [0.5, 0.6) is 0 Å². The van der Waals surface area contributed by atoms with Gasteiger partial charge in [-0.3, -0.25) is 0 Å². The molecule has 0 heterocycles. The summed E-state index contributed by atoms with van der Waals surface area (Å²) < 4.78 is 35.8. The molecule has 0 saturated heterocycles. The van der Waals surface area contributed by atoms with Crippen molar-refractivity contribution < 1.29 is 22.9 Å². The van der Waals surface area contributed by atoms with E-state index in [0.717, 1.165) is 18.4 Å². The van der Waals surface area contributed by atoms with Crippen molar-refractivity contribution in [3.8, 4) is 0 Å². The number of rotatable bonds is 2. The lowest BCUT2D eigenvalue weighted by atomic mass is 9.80. The van der Waals surface area contributed by atoms with Crippen molar-refractivity contribution in [2.45, 2.75) is 4.90 Å². The highest BCUT2D eigenvalue weighted by Crippen LogP contribution is 2.22. The summed E-state index contributed by atoms with van der Waals surface area (Å²) in [4.78, 5) is -0.727. The Hall–Kier alpha value is -0.625. The fourth-order valence-electron chi connectivity index (χ4n) is 1.09. The smallest absolute Gasteiger partial charge is 0.423 e. The molecule has 0 atom stereocenters. The van der Waals surface area contributed by atoms with Crippen LogP contribution in [0.1, 0.15) is 0 Å².